The molecule has 0 atom stereocenters. The second kappa shape index (κ2) is 8.55. The number of halogens is 4. The van der Waals surface area contributed by atoms with Gasteiger partial charge in [-0.15, -0.1) is 11.8 Å². The van der Waals surface area contributed by atoms with Gasteiger partial charge in [0.2, 0.25) is 10.0 Å². The van der Waals surface area contributed by atoms with Crippen molar-refractivity contribution in [2.75, 3.05) is 25.4 Å². The molecule has 172 valence electrons. The van der Waals surface area contributed by atoms with Crippen molar-refractivity contribution in [3.63, 3.8) is 0 Å². The summed E-state index contributed by atoms with van der Waals surface area (Å²) in [6.07, 6.45) is -3.58. The molecule has 1 amide bonds. The van der Waals surface area contributed by atoms with Gasteiger partial charge in [0, 0.05) is 36.0 Å². The Balaban J connectivity index is 1.49. The first-order chi connectivity index (χ1) is 15.0. The molecule has 0 aliphatic carbocycles. The van der Waals surface area contributed by atoms with Crippen LogP contribution in [0.2, 0.25) is 5.02 Å². The van der Waals surface area contributed by atoms with Crippen LogP contribution >= 0.6 is 23.4 Å². The fourth-order valence-corrected chi connectivity index (χ4v) is 7.12. The second-order valence-corrected chi connectivity index (χ2v) is 11.5. The van der Waals surface area contributed by atoms with Crippen molar-refractivity contribution < 1.29 is 26.4 Å². The molecule has 0 saturated carbocycles. The van der Waals surface area contributed by atoms with Gasteiger partial charge in [0.15, 0.2) is 0 Å². The van der Waals surface area contributed by atoms with Gasteiger partial charge in [0.05, 0.1) is 15.3 Å². The van der Waals surface area contributed by atoms with Gasteiger partial charge in [0.25, 0.3) is 5.91 Å². The molecule has 4 rings (SSSR count). The Morgan fingerprint density at radius 3 is 2.12 bits per heavy atom. The molecule has 11 heteroatoms. The highest BCUT2D eigenvalue weighted by Crippen LogP contribution is 2.45. The van der Waals surface area contributed by atoms with Crippen LogP contribution in [0.4, 0.5) is 13.2 Å². The lowest BCUT2D eigenvalue weighted by molar-refractivity contribution is -0.137. The average Bonchev–Trinajstić information content (AvgIpc) is 3.16. The lowest BCUT2D eigenvalue weighted by Gasteiger charge is -2.43. The van der Waals surface area contributed by atoms with Crippen molar-refractivity contribution in [2.45, 2.75) is 28.8 Å². The predicted molar refractivity (Wildman–Crippen MR) is 117 cm³/mol. The summed E-state index contributed by atoms with van der Waals surface area (Å²) in [5.74, 6) is 0.355. The first kappa shape index (κ1) is 23.4. The number of thioether (sulfide) groups is 1. The largest absolute Gasteiger partial charge is 0.416 e. The van der Waals surface area contributed by atoms with Crippen LogP contribution in [0.1, 0.15) is 28.8 Å². The number of benzene rings is 2. The quantitative estimate of drug-likeness (QED) is 0.606. The van der Waals surface area contributed by atoms with E-state index in [2.05, 4.69) is 0 Å². The van der Waals surface area contributed by atoms with E-state index in [1.54, 1.807) is 16.7 Å². The van der Waals surface area contributed by atoms with Crippen LogP contribution in [0.15, 0.2) is 53.4 Å². The highest BCUT2D eigenvalue weighted by molar-refractivity contribution is 8.00. The molecule has 32 heavy (non-hydrogen) atoms. The Morgan fingerprint density at radius 2 is 1.56 bits per heavy atom. The minimum absolute atomic E-state index is 0.162. The lowest BCUT2D eigenvalue weighted by Crippen LogP contribution is -2.53. The molecule has 0 bridgehead atoms. The van der Waals surface area contributed by atoms with E-state index in [1.807, 2.05) is 0 Å². The fraction of sp³-hybridized carbons (Fsp3) is 0.381. The summed E-state index contributed by atoms with van der Waals surface area (Å²) in [6.45, 7) is 0.956. The number of rotatable bonds is 3. The number of hydrogen-bond acceptors (Lipinski definition) is 4. The maximum atomic E-state index is 13.1. The third kappa shape index (κ3) is 4.37. The number of alkyl halides is 3. The van der Waals surface area contributed by atoms with Gasteiger partial charge < -0.3 is 4.90 Å². The SMILES string of the molecule is O=C(c1ccc(C(F)(F)F)cc1)N1CCSC12CCN(S(=O)(=O)c1ccc(Cl)cc1)CC2. The molecule has 2 fully saturated rings. The summed E-state index contributed by atoms with van der Waals surface area (Å²) in [5.41, 5.74) is -0.614. The van der Waals surface area contributed by atoms with Crippen molar-refractivity contribution in [2.24, 2.45) is 0 Å². The molecular formula is C21H20ClF3N2O3S2. The van der Waals surface area contributed by atoms with Crippen LogP contribution in [0.3, 0.4) is 0 Å². The van der Waals surface area contributed by atoms with E-state index in [0.29, 0.717) is 30.2 Å². The number of piperidine rings is 1. The summed E-state index contributed by atoms with van der Waals surface area (Å²) in [4.78, 5) is 14.4. The van der Waals surface area contributed by atoms with Gasteiger partial charge in [-0.2, -0.15) is 17.5 Å². The van der Waals surface area contributed by atoms with E-state index < -0.39 is 26.6 Å². The van der Waals surface area contributed by atoms with Crippen molar-refractivity contribution in [1.29, 1.82) is 0 Å². The smallest absolute Gasteiger partial charge is 0.323 e. The molecule has 2 aliphatic rings. The number of carbonyl (C=O) groups excluding carboxylic acids is 1. The molecule has 0 unspecified atom stereocenters. The van der Waals surface area contributed by atoms with Crippen molar-refractivity contribution in [3.8, 4) is 0 Å². The Labute approximate surface area is 193 Å². The standard InChI is InChI=1S/C21H20ClF3N2O3S2/c22-17-5-7-18(8-6-17)32(29,30)26-11-9-20(10-12-26)27(13-14-31-20)19(28)15-1-3-16(4-2-15)21(23,24)25/h1-8H,9-14H2. The third-order valence-electron chi connectivity index (χ3n) is 5.84. The van der Waals surface area contributed by atoms with E-state index >= 15 is 0 Å². The molecule has 5 nitrogen and oxygen atoms in total. The molecule has 2 aliphatic heterocycles. The minimum Gasteiger partial charge on any atom is -0.323 e. The molecule has 0 N–H and O–H groups in total. The van der Waals surface area contributed by atoms with Gasteiger partial charge in [-0.25, -0.2) is 8.42 Å². The lowest BCUT2D eigenvalue weighted by atomic mass is 10.0. The van der Waals surface area contributed by atoms with E-state index in [-0.39, 0.29) is 29.5 Å². The number of sulfonamides is 1. The van der Waals surface area contributed by atoms with Crippen LogP contribution in [0.25, 0.3) is 0 Å². The topological polar surface area (TPSA) is 57.7 Å². The molecule has 0 aromatic heterocycles. The Morgan fingerprint density at radius 1 is 0.969 bits per heavy atom. The second-order valence-electron chi connectivity index (χ2n) is 7.68. The molecule has 0 radical (unpaired) electrons. The van der Waals surface area contributed by atoms with Crippen molar-refractivity contribution >= 4 is 39.3 Å². The Kier molecular flexibility index (Phi) is 6.26. The molecule has 2 saturated heterocycles. The first-order valence-corrected chi connectivity index (χ1v) is 12.7. The predicted octanol–water partition coefficient (Wildman–Crippen LogP) is 4.73. The van der Waals surface area contributed by atoms with Crippen LogP contribution in [-0.2, 0) is 16.2 Å². The summed E-state index contributed by atoms with van der Waals surface area (Å²) in [5, 5.41) is 0.446. The van der Waals surface area contributed by atoms with Crippen LogP contribution in [0, 0.1) is 0 Å². The zero-order chi connectivity index (χ0) is 23.1. The molecular weight excluding hydrogens is 485 g/mol. The Hall–Kier alpha value is -1.75. The maximum Gasteiger partial charge on any atom is 0.416 e. The summed E-state index contributed by atoms with van der Waals surface area (Å²) in [7, 11) is -3.68. The number of amides is 1. The van der Waals surface area contributed by atoms with E-state index in [9.17, 15) is 26.4 Å². The third-order valence-corrected chi connectivity index (χ3v) is 9.55. The number of carbonyl (C=O) groups is 1. The highest BCUT2D eigenvalue weighted by Gasteiger charge is 2.48. The molecule has 2 aromatic rings. The van der Waals surface area contributed by atoms with E-state index in [4.69, 9.17) is 11.6 Å². The first-order valence-electron chi connectivity index (χ1n) is 9.92. The van der Waals surface area contributed by atoms with Gasteiger partial charge in [0.1, 0.15) is 0 Å². The number of nitrogens with zero attached hydrogens (tertiary/aromatic N) is 2. The van der Waals surface area contributed by atoms with Gasteiger partial charge in [-0.1, -0.05) is 11.6 Å². The fourth-order valence-electron chi connectivity index (χ4n) is 4.10. The van der Waals surface area contributed by atoms with E-state index in [1.165, 1.54) is 40.7 Å². The van der Waals surface area contributed by atoms with Gasteiger partial charge >= 0.3 is 6.18 Å². The molecule has 1 spiro atoms. The van der Waals surface area contributed by atoms with Crippen molar-refractivity contribution in [3.05, 3.63) is 64.7 Å². The normalized spacial score (nSPS) is 19.4. The molecule has 2 heterocycles. The minimum atomic E-state index is -4.46. The van der Waals surface area contributed by atoms with Crippen LogP contribution in [-0.4, -0.2) is 53.8 Å². The Bertz CT molecular complexity index is 1100. The van der Waals surface area contributed by atoms with Gasteiger partial charge in [-0.3, -0.25) is 4.79 Å². The van der Waals surface area contributed by atoms with Crippen LogP contribution in [0.5, 0.6) is 0 Å². The summed E-state index contributed by atoms with van der Waals surface area (Å²) in [6, 6.07) is 10.2. The van der Waals surface area contributed by atoms with Gasteiger partial charge in [-0.05, 0) is 61.4 Å². The zero-order valence-corrected chi connectivity index (χ0v) is 19.2. The zero-order valence-electron chi connectivity index (χ0n) is 16.8. The monoisotopic (exact) mass is 504 g/mol. The van der Waals surface area contributed by atoms with Crippen LogP contribution < -0.4 is 0 Å². The maximum absolute atomic E-state index is 13.1. The van der Waals surface area contributed by atoms with E-state index in [0.717, 1.165) is 12.1 Å². The highest BCUT2D eigenvalue weighted by atomic mass is 35.5. The average molecular weight is 505 g/mol. The summed E-state index contributed by atoms with van der Waals surface area (Å²) < 4.78 is 65.8. The van der Waals surface area contributed by atoms with Crippen molar-refractivity contribution in [1.82, 2.24) is 9.21 Å². The number of hydrogen-bond donors (Lipinski definition) is 0. The molecule has 2 aromatic carbocycles. The summed E-state index contributed by atoms with van der Waals surface area (Å²) >= 11 is 7.45.